The Morgan fingerprint density at radius 1 is 1.16 bits per heavy atom. The fourth-order valence-corrected chi connectivity index (χ4v) is 4.58. The van der Waals surface area contributed by atoms with Gasteiger partial charge >= 0.3 is 0 Å². The second-order valence-electron chi connectivity index (χ2n) is 6.49. The number of aryl methyl sites for hydroxylation is 1. The van der Waals surface area contributed by atoms with Crippen molar-refractivity contribution in [2.45, 2.75) is 37.6 Å². The molecule has 6 nitrogen and oxygen atoms in total. The predicted molar refractivity (Wildman–Crippen MR) is 94.8 cm³/mol. The standard InChI is InChI=1S/C18H20N2O4S/c1-12-10-16(20(21)22)11-17(13(12)2)25(23,24)19-18(15-8-9-15)14-6-4-3-5-7-14/h3-7,10-11,15,18-19H,8-9H2,1-2H3. The minimum Gasteiger partial charge on any atom is -0.258 e. The third-order valence-corrected chi connectivity index (χ3v) is 6.21. The summed E-state index contributed by atoms with van der Waals surface area (Å²) in [5.74, 6) is 0.261. The van der Waals surface area contributed by atoms with Gasteiger partial charge in [-0.3, -0.25) is 10.1 Å². The number of nitro groups is 1. The zero-order valence-corrected chi connectivity index (χ0v) is 14.9. The van der Waals surface area contributed by atoms with Crippen molar-refractivity contribution >= 4 is 15.7 Å². The lowest BCUT2D eigenvalue weighted by Gasteiger charge is -2.20. The molecule has 2 aromatic rings. The number of hydrogen-bond acceptors (Lipinski definition) is 4. The summed E-state index contributed by atoms with van der Waals surface area (Å²) in [6.45, 7) is 3.35. The molecule has 25 heavy (non-hydrogen) atoms. The average Bonchev–Trinajstić information content (AvgIpc) is 3.40. The smallest absolute Gasteiger partial charge is 0.258 e. The van der Waals surface area contributed by atoms with Gasteiger partial charge in [0.15, 0.2) is 0 Å². The second kappa shape index (κ2) is 6.57. The van der Waals surface area contributed by atoms with Crippen molar-refractivity contribution < 1.29 is 13.3 Å². The first-order valence-electron chi connectivity index (χ1n) is 8.12. The van der Waals surface area contributed by atoms with Gasteiger partial charge in [0.1, 0.15) is 0 Å². The predicted octanol–water partition coefficient (Wildman–Crippen LogP) is 3.64. The maximum Gasteiger partial charge on any atom is 0.271 e. The van der Waals surface area contributed by atoms with Crippen molar-refractivity contribution in [3.8, 4) is 0 Å². The van der Waals surface area contributed by atoms with Crippen molar-refractivity contribution in [3.63, 3.8) is 0 Å². The summed E-state index contributed by atoms with van der Waals surface area (Å²) in [6.07, 6.45) is 1.93. The molecular formula is C18H20N2O4S. The van der Waals surface area contributed by atoms with Gasteiger partial charge in [0.05, 0.1) is 9.82 Å². The van der Waals surface area contributed by atoms with Gasteiger partial charge in [0.25, 0.3) is 5.69 Å². The van der Waals surface area contributed by atoms with Crippen LogP contribution in [0.1, 0.15) is 35.6 Å². The zero-order valence-electron chi connectivity index (χ0n) is 14.1. The molecule has 1 atom stereocenters. The molecule has 0 saturated heterocycles. The van der Waals surface area contributed by atoms with Crippen molar-refractivity contribution in [3.05, 3.63) is 69.3 Å². The summed E-state index contributed by atoms with van der Waals surface area (Å²) in [4.78, 5) is 10.5. The number of rotatable bonds is 6. The molecule has 1 fully saturated rings. The highest BCUT2D eigenvalue weighted by atomic mass is 32.2. The number of non-ortho nitro benzene ring substituents is 1. The number of hydrogen-bond donors (Lipinski definition) is 1. The van der Waals surface area contributed by atoms with E-state index in [0.29, 0.717) is 11.1 Å². The molecule has 0 aromatic heterocycles. The van der Waals surface area contributed by atoms with E-state index in [0.717, 1.165) is 24.5 Å². The molecule has 0 aliphatic heterocycles. The lowest BCUT2D eigenvalue weighted by Crippen LogP contribution is -2.30. The summed E-state index contributed by atoms with van der Waals surface area (Å²) < 4.78 is 28.7. The van der Waals surface area contributed by atoms with E-state index in [4.69, 9.17) is 0 Å². The molecule has 0 amide bonds. The molecule has 1 unspecified atom stereocenters. The summed E-state index contributed by atoms with van der Waals surface area (Å²) in [5.41, 5.74) is 1.80. The molecule has 0 spiro atoms. The highest BCUT2D eigenvalue weighted by molar-refractivity contribution is 7.89. The molecule has 1 saturated carbocycles. The highest BCUT2D eigenvalue weighted by Gasteiger charge is 2.36. The fourth-order valence-electron chi connectivity index (χ4n) is 2.95. The molecule has 0 radical (unpaired) electrons. The molecule has 3 rings (SSSR count). The molecule has 7 heteroatoms. The van der Waals surface area contributed by atoms with Crippen LogP contribution in [0, 0.1) is 29.9 Å². The van der Waals surface area contributed by atoms with Gasteiger partial charge in [-0.2, -0.15) is 0 Å². The van der Waals surface area contributed by atoms with Crippen LogP contribution in [0.3, 0.4) is 0 Å². The summed E-state index contributed by atoms with van der Waals surface area (Å²) in [7, 11) is -3.88. The Labute approximate surface area is 147 Å². The number of nitrogens with zero attached hydrogens (tertiary/aromatic N) is 1. The van der Waals surface area contributed by atoms with Crippen LogP contribution in [0.2, 0.25) is 0 Å². The van der Waals surface area contributed by atoms with Crippen molar-refractivity contribution in [2.75, 3.05) is 0 Å². The van der Waals surface area contributed by atoms with E-state index in [1.807, 2.05) is 30.3 Å². The molecule has 0 bridgehead atoms. The first-order valence-corrected chi connectivity index (χ1v) is 9.61. The second-order valence-corrected chi connectivity index (χ2v) is 8.17. The Morgan fingerprint density at radius 3 is 2.36 bits per heavy atom. The molecule has 2 aromatic carbocycles. The number of nitro benzene ring substituents is 1. The third-order valence-electron chi connectivity index (χ3n) is 4.64. The van der Waals surface area contributed by atoms with Crippen LogP contribution in [0.15, 0.2) is 47.4 Å². The average molecular weight is 360 g/mol. The van der Waals surface area contributed by atoms with E-state index in [1.54, 1.807) is 13.8 Å². The third kappa shape index (κ3) is 3.72. The van der Waals surface area contributed by atoms with Crippen LogP contribution in [-0.2, 0) is 10.0 Å². The van der Waals surface area contributed by atoms with Crippen LogP contribution in [0.25, 0.3) is 0 Å². The maximum absolute atomic E-state index is 13.0. The van der Waals surface area contributed by atoms with Crippen molar-refractivity contribution in [1.82, 2.24) is 4.72 Å². The van der Waals surface area contributed by atoms with Gasteiger partial charge in [0, 0.05) is 18.2 Å². The topological polar surface area (TPSA) is 89.3 Å². The van der Waals surface area contributed by atoms with E-state index in [1.165, 1.54) is 6.07 Å². The maximum atomic E-state index is 13.0. The van der Waals surface area contributed by atoms with E-state index >= 15 is 0 Å². The zero-order chi connectivity index (χ0) is 18.2. The van der Waals surface area contributed by atoms with Gasteiger partial charge in [-0.25, -0.2) is 13.1 Å². The van der Waals surface area contributed by atoms with Crippen LogP contribution < -0.4 is 4.72 Å². The van der Waals surface area contributed by atoms with Crippen LogP contribution in [0.4, 0.5) is 5.69 Å². The lowest BCUT2D eigenvalue weighted by molar-refractivity contribution is -0.385. The van der Waals surface area contributed by atoms with E-state index in [9.17, 15) is 18.5 Å². The first kappa shape index (κ1) is 17.6. The van der Waals surface area contributed by atoms with E-state index in [2.05, 4.69) is 4.72 Å². The minimum atomic E-state index is -3.88. The Balaban J connectivity index is 2.00. The highest BCUT2D eigenvalue weighted by Crippen LogP contribution is 2.42. The molecule has 1 N–H and O–H groups in total. The minimum absolute atomic E-state index is 0.0271. The molecular weight excluding hydrogens is 340 g/mol. The number of nitrogens with one attached hydrogen (secondary N) is 1. The van der Waals surface area contributed by atoms with E-state index in [-0.39, 0.29) is 22.5 Å². The van der Waals surface area contributed by atoms with Gasteiger partial charge in [-0.1, -0.05) is 30.3 Å². The monoisotopic (exact) mass is 360 g/mol. The number of benzene rings is 2. The van der Waals surface area contributed by atoms with Crippen LogP contribution in [-0.4, -0.2) is 13.3 Å². The Kier molecular flexibility index (Phi) is 4.62. The van der Waals surface area contributed by atoms with Crippen molar-refractivity contribution in [2.24, 2.45) is 5.92 Å². The van der Waals surface area contributed by atoms with E-state index < -0.39 is 14.9 Å². The quantitative estimate of drug-likeness (QED) is 0.629. The Hall–Kier alpha value is -2.25. The fraction of sp³-hybridized carbons (Fsp3) is 0.333. The Bertz CT molecular complexity index is 906. The normalized spacial score (nSPS) is 15.8. The van der Waals surface area contributed by atoms with Gasteiger partial charge in [0.2, 0.25) is 10.0 Å². The lowest BCUT2D eigenvalue weighted by atomic mass is 10.0. The largest absolute Gasteiger partial charge is 0.271 e. The van der Waals surface area contributed by atoms with Crippen LogP contribution in [0.5, 0.6) is 0 Å². The molecule has 0 heterocycles. The first-order chi connectivity index (χ1) is 11.8. The number of sulfonamides is 1. The molecule has 1 aliphatic rings. The summed E-state index contributed by atoms with van der Waals surface area (Å²) in [5, 5.41) is 11.1. The summed E-state index contributed by atoms with van der Waals surface area (Å²) >= 11 is 0. The summed E-state index contributed by atoms with van der Waals surface area (Å²) in [6, 6.07) is 11.7. The SMILES string of the molecule is Cc1cc([N+](=O)[O-])cc(S(=O)(=O)NC(c2ccccc2)C2CC2)c1C. The Morgan fingerprint density at radius 2 is 1.80 bits per heavy atom. The van der Waals surface area contributed by atoms with Gasteiger partial charge < -0.3 is 0 Å². The van der Waals surface area contributed by atoms with Gasteiger partial charge in [-0.15, -0.1) is 0 Å². The van der Waals surface area contributed by atoms with Gasteiger partial charge in [-0.05, 0) is 49.3 Å². The van der Waals surface area contributed by atoms with Crippen molar-refractivity contribution in [1.29, 1.82) is 0 Å². The molecule has 132 valence electrons. The van der Waals surface area contributed by atoms with Crippen LogP contribution >= 0.6 is 0 Å². The molecule has 1 aliphatic carbocycles.